The van der Waals surface area contributed by atoms with Gasteiger partial charge in [-0.25, -0.2) is 4.98 Å². The second-order valence-electron chi connectivity index (χ2n) is 15.3. The number of nitrogens with one attached hydrogen (secondary N) is 2. The second-order valence-corrected chi connectivity index (χ2v) is 18.6. The highest BCUT2D eigenvalue weighted by atomic mass is 79.9. The Morgan fingerprint density at radius 3 is 1.81 bits per heavy atom. The monoisotopic (exact) mass is 1130 g/mol. The van der Waals surface area contributed by atoms with Crippen LogP contribution in [0.25, 0.3) is 0 Å². The number of Topliss-reactive ketones (excluding diaryl/α,β-unsaturated/α-hetero) is 1. The molecule has 1 atom stereocenters. The first-order chi connectivity index (χ1) is 34.1. The number of nitrogens with zero attached hydrogens (tertiary/aromatic N) is 4. The highest BCUT2D eigenvalue weighted by Gasteiger charge is 2.22. The summed E-state index contributed by atoms with van der Waals surface area (Å²) in [6, 6.07) is 25.5. The van der Waals surface area contributed by atoms with Crippen LogP contribution in [-0.2, 0) is 9.47 Å². The summed E-state index contributed by atoms with van der Waals surface area (Å²) >= 11 is 10.9. The number of morpholine rings is 2. The third-order valence-corrected chi connectivity index (χ3v) is 12.9. The predicted molar refractivity (Wildman–Crippen MR) is 299 cm³/mol. The first-order valence-electron chi connectivity index (χ1n) is 22.4. The maximum Gasteiger partial charge on any atom is 0.231 e. The number of benzene rings is 4. The van der Waals surface area contributed by atoms with Gasteiger partial charge in [0.2, 0.25) is 19.4 Å². The zero-order valence-electron chi connectivity index (χ0n) is 39.2. The van der Waals surface area contributed by atoms with E-state index in [1.54, 1.807) is 36.4 Å². The second kappa shape index (κ2) is 30.0. The summed E-state index contributed by atoms with van der Waals surface area (Å²) in [4.78, 5) is 37.7. The van der Waals surface area contributed by atoms with Gasteiger partial charge in [-0.2, -0.15) is 14.9 Å². The molecule has 0 bridgehead atoms. The number of ketones is 2. The lowest BCUT2D eigenvalue weighted by Gasteiger charge is -2.26. The number of hydrogen-bond acceptors (Lipinski definition) is 18. The number of nitrogen functional groups attached to an aromatic ring is 1. The molecular weight excluding hydrogens is 1070 g/mol. The van der Waals surface area contributed by atoms with Crippen molar-refractivity contribution in [1.82, 2.24) is 14.8 Å². The van der Waals surface area contributed by atoms with Crippen molar-refractivity contribution in [2.75, 3.05) is 120 Å². The Morgan fingerprint density at radius 2 is 1.28 bits per heavy atom. The molecule has 2 saturated heterocycles. The van der Waals surface area contributed by atoms with Crippen LogP contribution in [0.2, 0.25) is 0 Å². The molecule has 4 aromatic carbocycles. The van der Waals surface area contributed by atoms with Crippen molar-refractivity contribution in [3.8, 4) is 34.5 Å². The largest absolute Gasteiger partial charge is 0.492 e. The fourth-order valence-electron chi connectivity index (χ4n) is 6.92. The number of halogens is 1. The molecule has 9 rings (SSSR count). The minimum Gasteiger partial charge on any atom is -0.492 e. The van der Waals surface area contributed by atoms with Crippen molar-refractivity contribution < 1.29 is 47.5 Å². The number of carbonyl (C=O) groups is 2. The van der Waals surface area contributed by atoms with Crippen LogP contribution in [0, 0.1) is 0 Å². The Labute approximate surface area is 445 Å². The molecule has 6 N–H and O–H groups in total. The molecule has 0 amide bonds. The maximum atomic E-state index is 12.9. The molecule has 72 heavy (non-hydrogen) atoms. The fourth-order valence-corrected chi connectivity index (χ4v) is 8.84. The molecule has 2 fully saturated rings. The number of aromatic nitrogens is 1. The molecule has 1 unspecified atom stereocenters. The Hall–Kier alpha value is -5.29. The van der Waals surface area contributed by atoms with Gasteiger partial charge < -0.3 is 60.0 Å². The van der Waals surface area contributed by atoms with Gasteiger partial charge in [0.25, 0.3) is 0 Å². The zero-order chi connectivity index (χ0) is 49.1. The topological polar surface area (TPSA) is 216 Å². The summed E-state index contributed by atoms with van der Waals surface area (Å²) in [7, 11) is 0. The highest BCUT2D eigenvalue weighted by molar-refractivity contribution is 9.09. The number of nitrogens with two attached hydrogens (primary N) is 2. The number of amidine groups is 1. The molecule has 4 aliphatic rings. The van der Waals surface area contributed by atoms with E-state index in [1.165, 1.54) is 23.1 Å². The number of carbonyl (C=O) groups excluding carboxylic acids is 2. The third kappa shape index (κ3) is 17.7. The first kappa shape index (κ1) is 57.6. The number of hydrogen-bond donors (Lipinski definition) is 4. The summed E-state index contributed by atoms with van der Waals surface area (Å²) in [5.41, 5.74) is 14.6. The first-order valence-corrected chi connectivity index (χ1v) is 25.8. The lowest BCUT2D eigenvalue weighted by Crippen LogP contribution is -2.38. The average Bonchev–Trinajstić information content (AvgIpc) is 4.15. The molecule has 1 aromatic heterocycles. The van der Waals surface area contributed by atoms with E-state index in [4.69, 9.17) is 61.6 Å². The van der Waals surface area contributed by atoms with Crippen molar-refractivity contribution >= 4 is 105 Å². The van der Waals surface area contributed by atoms with Crippen molar-refractivity contribution in [3.63, 3.8) is 0 Å². The van der Waals surface area contributed by atoms with Gasteiger partial charge in [0.15, 0.2) is 44.2 Å². The molecule has 5 aromatic rings. The summed E-state index contributed by atoms with van der Waals surface area (Å²) in [5, 5.41) is 7.93. The molecule has 0 radical (unpaired) electrons. The molecule has 4 aliphatic heterocycles. The maximum absolute atomic E-state index is 12.9. The number of thiocarbonyl (C=S) groups is 1. The molecule has 388 valence electrons. The molecule has 23 heteroatoms. The molecular formula is C49H62BrN8O10PS3. The van der Waals surface area contributed by atoms with Crippen molar-refractivity contribution in [2.24, 2.45) is 10.7 Å². The van der Waals surface area contributed by atoms with Crippen molar-refractivity contribution in [1.29, 1.82) is 0 Å². The van der Waals surface area contributed by atoms with Crippen molar-refractivity contribution in [2.45, 2.75) is 14.4 Å². The minimum atomic E-state index is -0.208. The van der Waals surface area contributed by atoms with Crippen LogP contribution in [0.4, 0.5) is 22.3 Å². The number of rotatable bonds is 16. The van der Waals surface area contributed by atoms with Gasteiger partial charge in [-0.15, -0.1) is 0 Å². The number of ether oxygens (including phenoxy) is 8. The average molecular weight is 1130 g/mol. The van der Waals surface area contributed by atoms with E-state index in [-0.39, 0.29) is 48.3 Å². The number of anilines is 4. The SMILES string of the molecule is C.CCSC(N)=NC(=S)Nc1ccc(OCCN2CCOCC2)cc1.Nc1nc(Nc2ccc(OCCN3CCOCC3)cc2)sc1C(=O)c1ccc2c(c1)OCO2.O=C(CBr)c1ccc2c(c1)OCO2.P. The summed E-state index contributed by atoms with van der Waals surface area (Å²) in [5.74, 6) is 5.04. The standard InChI is InChI=1S/C23H24N4O5S.C16H24N4O2S2.C9H7BrO3.CH4.H3P/c24-22-21(20(28)15-1-6-18-19(13-15)32-14-31-18)33-23(26-22)25-16-2-4-17(5-3-16)30-12-9-27-7-10-29-11-8-27;1-2-24-15(17)19-16(23)18-13-3-5-14(6-4-13)22-12-9-20-7-10-21-11-8-20;10-4-7(11)6-1-2-8-9(3-6)13-5-12-8;;/h1-6,13H,7-12,14,24H2,(H,25,26);3-6H,2,7-12H2,1H3,(H3,17,18,19,23);1-3H,4-5H2;1H4;1H3. The van der Waals surface area contributed by atoms with E-state index in [0.717, 1.165) is 94.3 Å². The Morgan fingerprint density at radius 1 is 0.778 bits per heavy atom. The summed E-state index contributed by atoms with van der Waals surface area (Å²) < 4.78 is 43.2. The van der Waals surface area contributed by atoms with Gasteiger partial charge >= 0.3 is 0 Å². The summed E-state index contributed by atoms with van der Waals surface area (Å²) in [6.07, 6.45) is 0. The number of fused-ring (bicyclic) bond motifs is 2. The number of aliphatic imine (C=N–C) groups is 1. The minimum absolute atomic E-state index is 0. The van der Waals surface area contributed by atoms with E-state index < -0.39 is 0 Å². The number of thioether (sulfide) groups is 1. The Kier molecular flexibility index (Phi) is 24.0. The highest BCUT2D eigenvalue weighted by Crippen LogP contribution is 2.36. The van der Waals surface area contributed by atoms with Crippen LogP contribution in [0.5, 0.6) is 34.5 Å². The number of alkyl halides is 1. The lowest BCUT2D eigenvalue weighted by molar-refractivity contribution is 0.0321. The van der Waals surface area contributed by atoms with Gasteiger partial charge in [-0.1, -0.05) is 53.4 Å². The molecule has 18 nitrogen and oxygen atoms in total. The molecule has 0 aliphatic carbocycles. The van der Waals surface area contributed by atoms with Crippen LogP contribution in [0.15, 0.2) is 89.9 Å². The van der Waals surface area contributed by atoms with Crippen LogP contribution in [-0.4, -0.2) is 140 Å². The van der Waals surface area contributed by atoms with E-state index in [1.807, 2.05) is 55.5 Å². The molecule has 5 heterocycles. The third-order valence-electron chi connectivity index (χ3n) is 10.6. The molecule has 0 spiro atoms. The van der Waals surface area contributed by atoms with E-state index in [2.05, 4.69) is 46.3 Å². The molecule has 0 saturated carbocycles. The van der Waals surface area contributed by atoms with Crippen LogP contribution in [0.3, 0.4) is 0 Å². The Bertz CT molecular complexity index is 2550. The van der Waals surface area contributed by atoms with Crippen LogP contribution >= 0.6 is 61.1 Å². The van der Waals surface area contributed by atoms with E-state index in [0.29, 0.717) is 73.0 Å². The smallest absolute Gasteiger partial charge is 0.231 e. The zero-order valence-corrected chi connectivity index (χ0v) is 44.7. The lowest BCUT2D eigenvalue weighted by atomic mass is 10.1. The van der Waals surface area contributed by atoms with Gasteiger partial charge in [0.05, 0.1) is 31.8 Å². The predicted octanol–water partition coefficient (Wildman–Crippen LogP) is 7.99. The summed E-state index contributed by atoms with van der Waals surface area (Å²) in [6.45, 7) is 12.5. The van der Waals surface area contributed by atoms with Gasteiger partial charge in [-0.3, -0.25) is 19.4 Å². The Balaban J connectivity index is 0.000000216. The van der Waals surface area contributed by atoms with Gasteiger partial charge in [0, 0.05) is 61.8 Å². The number of thiazole rings is 1. The van der Waals surface area contributed by atoms with Gasteiger partial charge in [-0.05, 0) is 103 Å². The normalized spacial score (nSPS) is 14.7. The van der Waals surface area contributed by atoms with Crippen LogP contribution < -0.4 is 50.5 Å². The fraction of sp³-hybridized carbons (Fsp3) is 0.367. The van der Waals surface area contributed by atoms with E-state index in [9.17, 15) is 9.59 Å². The van der Waals surface area contributed by atoms with Crippen molar-refractivity contribution in [3.05, 3.63) is 101 Å². The quantitative estimate of drug-likeness (QED) is 0.0184. The van der Waals surface area contributed by atoms with Crippen LogP contribution in [0.1, 0.15) is 39.9 Å². The van der Waals surface area contributed by atoms with Gasteiger partial charge in [0.1, 0.15) is 35.4 Å². The van der Waals surface area contributed by atoms with E-state index >= 15 is 0 Å².